The van der Waals surface area contributed by atoms with Crippen LogP contribution in [-0.4, -0.2) is 38.5 Å². The maximum Gasteiger partial charge on any atom is 0.503 e. The van der Waals surface area contributed by atoms with Crippen molar-refractivity contribution in [2.45, 2.75) is 33.1 Å². The molecule has 0 atom stereocenters. The van der Waals surface area contributed by atoms with Gasteiger partial charge in [0.15, 0.2) is 0 Å². The molecule has 0 aromatic heterocycles. The van der Waals surface area contributed by atoms with Gasteiger partial charge < -0.3 is 29.9 Å². The summed E-state index contributed by atoms with van der Waals surface area (Å²) in [5.41, 5.74) is 1.52. The van der Waals surface area contributed by atoms with Crippen LogP contribution in [0.2, 0.25) is 0 Å². The Bertz CT molecular complexity index is 1220. The fraction of sp³-hybridized carbons (Fsp3) is 0.192. The Labute approximate surface area is 201 Å². The summed E-state index contributed by atoms with van der Waals surface area (Å²) in [5, 5.41) is 33.2. The van der Waals surface area contributed by atoms with Crippen molar-refractivity contribution < 1.29 is 44.3 Å². The van der Waals surface area contributed by atoms with E-state index in [2.05, 4.69) is 0 Å². The number of hydrogen-bond acceptors (Lipinski definition) is 7. The topological polar surface area (TPSA) is 151 Å². The predicted octanol–water partition coefficient (Wildman–Crippen LogP) is 5.36. The first kappa shape index (κ1) is 26.7. The summed E-state index contributed by atoms with van der Waals surface area (Å²) in [7, 11) is 0. The van der Waals surface area contributed by atoms with Crippen LogP contribution in [0.4, 0.5) is 4.79 Å². The number of ether oxygens (including phenoxy) is 2. The lowest BCUT2D eigenvalue weighted by molar-refractivity contribution is 0.0718. The third-order valence-corrected chi connectivity index (χ3v) is 4.69. The summed E-state index contributed by atoms with van der Waals surface area (Å²) in [5.74, 6) is -0.275. The molecule has 9 heteroatoms. The quantitative estimate of drug-likeness (QED) is 0.284. The number of phenolic OH excluding ortho intramolecular Hbond substituents is 2. The molecule has 3 aromatic carbocycles. The average Bonchev–Trinajstić information content (AvgIpc) is 2.76. The van der Waals surface area contributed by atoms with Gasteiger partial charge in [-0.1, -0.05) is 20.8 Å². The molecule has 4 N–H and O–H groups in total. The molecule has 3 rings (SSSR count). The molecule has 0 saturated heterocycles. The Balaban J connectivity index is 0.00000100. The minimum absolute atomic E-state index is 0.0865. The molecule has 0 saturated carbocycles. The molecule has 35 heavy (non-hydrogen) atoms. The van der Waals surface area contributed by atoms with Crippen molar-refractivity contribution in [1.29, 1.82) is 0 Å². The van der Waals surface area contributed by atoms with E-state index in [1.54, 1.807) is 19.1 Å². The van der Waals surface area contributed by atoms with E-state index in [0.29, 0.717) is 22.6 Å². The minimum atomic E-state index is -1.83. The van der Waals surface area contributed by atoms with Crippen LogP contribution >= 0.6 is 0 Å². The van der Waals surface area contributed by atoms with E-state index in [1.807, 2.05) is 20.8 Å². The lowest BCUT2D eigenvalue weighted by atomic mass is 9.86. The minimum Gasteiger partial charge on any atom is -0.508 e. The maximum absolute atomic E-state index is 12.6. The van der Waals surface area contributed by atoms with Gasteiger partial charge in [0.25, 0.3) is 0 Å². The zero-order valence-corrected chi connectivity index (χ0v) is 19.6. The van der Waals surface area contributed by atoms with Crippen LogP contribution in [0.25, 0.3) is 0 Å². The molecular formula is C26H26O9. The van der Waals surface area contributed by atoms with E-state index in [-0.39, 0.29) is 28.0 Å². The van der Waals surface area contributed by atoms with Crippen LogP contribution in [0, 0.1) is 6.92 Å². The van der Waals surface area contributed by atoms with E-state index >= 15 is 0 Å². The summed E-state index contributed by atoms with van der Waals surface area (Å²) >= 11 is 0. The number of rotatable bonds is 4. The van der Waals surface area contributed by atoms with Crippen LogP contribution in [0.15, 0.2) is 60.7 Å². The van der Waals surface area contributed by atoms with E-state index in [4.69, 9.17) is 24.5 Å². The summed E-state index contributed by atoms with van der Waals surface area (Å²) in [4.78, 5) is 33.5. The van der Waals surface area contributed by atoms with Gasteiger partial charge in [-0.25, -0.2) is 14.4 Å². The Kier molecular flexibility index (Phi) is 8.44. The number of carboxylic acid groups (broad SMARTS) is 2. The third kappa shape index (κ3) is 7.78. The summed E-state index contributed by atoms with van der Waals surface area (Å²) in [6, 6.07) is 15.0. The molecule has 9 nitrogen and oxygen atoms in total. The molecular weight excluding hydrogens is 456 g/mol. The lowest BCUT2D eigenvalue weighted by Crippen LogP contribution is -2.16. The molecule has 0 fully saturated rings. The standard InChI is InChI=1S/C25H24O6.CH2O3/c1-15-13-18(26)9-11-21(15)30-23(28)16-5-7-17(8-6-16)24(29)31-22-12-10-19(27)14-20(22)25(2,3)4;2-1(3)4/h5-14,26-27H,1-4H3;(H2,2,3,4). The fourth-order valence-corrected chi connectivity index (χ4v) is 3.00. The molecule has 0 heterocycles. The number of hydrogen-bond donors (Lipinski definition) is 4. The number of benzene rings is 3. The van der Waals surface area contributed by atoms with Crippen LogP contribution in [0.3, 0.4) is 0 Å². The highest BCUT2D eigenvalue weighted by molar-refractivity contribution is 5.95. The van der Waals surface area contributed by atoms with E-state index in [1.165, 1.54) is 48.5 Å². The molecule has 0 radical (unpaired) electrons. The van der Waals surface area contributed by atoms with Crippen molar-refractivity contribution in [3.05, 3.63) is 82.9 Å². The molecule has 0 aliphatic rings. The van der Waals surface area contributed by atoms with Crippen molar-refractivity contribution in [1.82, 2.24) is 0 Å². The summed E-state index contributed by atoms with van der Waals surface area (Å²) in [6.45, 7) is 7.58. The molecule has 0 bridgehead atoms. The summed E-state index contributed by atoms with van der Waals surface area (Å²) in [6.07, 6.45) is -1.83. The zero-order chi connectivity index (χ0) is 26.3. The molecule has 0 unspecified atom stereocenters. The van der Waals surface area contributed by atoms with Crippen molar-refractivity contribution in [2.75, 3.05) is 0 Å². The SMILES string of the molecule is Cc1cc(O)ccc1OC(=O)c1ccc(C(=O)Oc2ccc(O)cc2C(C)(C)C)cc1.O=C(O)O. The number of phenols is 2. The highest BCUT2D eigenvalue weighted by Gasteiger charge is 2.22. The maximum atomic E-state index is 12.6. The van der Waals surface area contributed by atoms with Gasteiger partial charge in [0.2, 0.25) is 0 Å². The Morgan fingerprint density at radius 3 is 1.51 bits per heavy atom. The Morgan fingerprint density at radius 1 is 0.686 bits per heavy atom. The largest absolute Gasteiger partial charge is 0.508 e. The monoisotopic (exact) mass is 482 g/mol. The Hall–Kier alpha value is -4.53. The van der Waals surface area contributed by atoms with E-state index < -0.39 is 18.1 Å². The van der Waals surface area contributed by atoms with Gasteiger partial charge in [0.05, 0.1) is 11.1 Å². The number of aromatic hydroxyl groups is 2. The average molecular weight is 482 g/mol. The van der Waals surface area contributed by atoms with Crippen LogP contribution in [0.1, 0.15) is 52.6 Å². The highest BCUT2D eigenvalue weighted by atomic mass is 16.6. The third-order valence-electron chi connectivity index (χ3n) is 4.69. The van der Waals surface area contributed by atoms with Crippen LogP contribution in [0.5, 0.6) is 23.0 Å². The number of aryl methyl sites for hydroxylation is 1. The van der Waals surface area contributed by atoms with Crippen molar-refractivity contribution in [2.24, 2.45) is 0 Å². The van der Waals surface area contributed by atoms with Gasteiger partial charge in [0, 0.05) is 5.56 Å². The highest BCUT2D eigenvalue weighted by Crippen LogP contribution is 2.34. The van der Waals surface area contributed by atoms with Crippen molar-refractivity contribution >= 4 is 18.1 Å². The first-order valence-corrected chi connectivity index (χ1v) is 10.4. The second-order valence-corrected chi connectivity index (χ2v) is 8.52. The Morgan fingerprint density at radius 2 is 1.09 bits per heavy atom. The molecule has 0 spiro atoms. The second-order valence-electron chi connectivity index (χ2n) is 8.52. The van der Waals surface area contributed by atoms with Gasteiger partial charge in [0.1, 0.15) is 23.0 Å². The van der Waals surface area contributed by atoms with Gasteiger partial charge in [-0.2, -0.15) is 0 Å². The summed E-state index contributed by atoms with van der Waals surface area (Å²) < 4.78 is 10.9. The van der Waals surface area contributed by atoms with E-state index in [9.17, 15) is 19.8 Å². The molecule has 0 aliphatic heterocycles. The first-order valence-electron chi connectivity index (χ1n) is 10.4. The molecule has 0 amide bonds. The molecule has 184 valence electrons. The predicted molar refractivity (Wildman–Crippen MR) is 127 cm³/mol. The second kappa shape index (κ2) is 11.1. The number of carbonyl (C=O) groups is 3. The van der Waals surface area contributed by atoms with E-state index in [0.717, 1.165) is 0 Å². The normalized spacial score (nSPS) is 10.5. The van der Waals surface area contributed by atoms with Gasteiger partial charge in [-0.3, -0.25) is 0 Å². The van der Waals surface area contributed by atoms with Gasteiger partial charge in [-0.15, -0.1) is 0 Å². The fourth-order valence-electron chi connectivity index (χ4n) is 3.00. The molecule has 0 aliphatic carbocycles. The first-order chi connectivity index (χ1) is 16.3. The van der Waals surface area contributed by atoms with Gasteiger partial charge in [-0.05, 0) is 78.6 Å². The number of carbonyl (C=O) groups excluding carboxylic acids is 2. The van der Waals surface area contributed by atoms with Crippen molar-refractivity contribution in [3.63, 3.8) is 0 Å². The van der Waals surface area contributed by atoms with Crippen LogP contribution < -0.4 is 9.47 Å². The number of esters is 2. The smallest absolute Gasteiger partial charge is 0.503 e. The molecule has 3 aromatic rings. The van der Waals surface area contributed by atoms with Gasteiger partial charge >= 0.3 is 18.1 Å². The van der Waals surface area contributed by atoms with Crippen LogP contribution in [-0.2, 0) is 5.41 Å². The lowest BCUT2D eigenvalue weighted by Gasteiger charge is -2.22. The van der Waals surface area contributed by atoms with Crippen molar-refractivity contribution in [3.8, 4) is 23.0 Å². The zero-order valence-electron chi connectivity index (χ0n) is 19.6.